The first-order valence-corrected chi connectivity index (χ1v) is 8.96. The molecule has 0 saturated carbocycles. The first-order chi connectivity index (χ1) is 12.0. The van der Waals surface area contributed by atoms with Crippen LogP contribution in [-0.2, 0) is 16.0 Å². The van der Waals surface area contributed by atoms with E-state index in [-0.39, 0.29) is 17.6 Å². The van der Waals surface area contributed by atoms with Crippen molar-refractivity contribution in [3.8, 4) is 0 Å². The molecule has 0 spiro atoms. The third kappa shape index (κ3) is 4.36. The van der Waals surface area contributed by atoms with Crippen LogP contribution >= 0.6 is 11.8 Å². The van der Waals surface area contributed by atoms with Crippen LogP contribution in [-0.4, -0.2) is 33.8 Å². The van der Waals surface area contributed by atoms with Crippen LogP contribution in [0.15, 0.2) is 42.6 Å². The molecule has 2 amide bonds. The molecule has 0 radical (unpaired) electrons. The predicted molar refractivity (Wildman–Crippen MR) is 95.9 cm³/mol. The van der Waals surface area contributed by atoms with Crippen molar-refractivity contribution in [2.24, 2.45) is 0 Å². The number of rotatable bonds is 4. The van der Waals surface area contributed by atoms with Crippen LogP contribution < -0.4 is 10.6 Å². The van der Waals surface area contributed by atoms with E-state index in [1.54, 1.807) is 30.5 Å². The zero-order valence-electron chi connectivity index (χ0n) is 13.7. The average molecular weight is 359 g/mol. The molecule has 1 aromatic carbocycles. The quantitative estimate of drug-likeness (QED) is 0.879. The molecular weight excluding hydrogens is 341 g/mol. The maximum absolute atomic E-state index is 13.7. The number of aromatic nitrogens is 1. The second-order valence-electron chi connectivity index (χ2n) is 5.89. The summed E-state index contributed by atoms with van der Waals surface area (Å²) in [6.45, 7) is 1.91. The van der Waals surface area contributed by atoms with Crippen molar-refractivity contribution < 1.29 is 14.0 Å². The van der Waals surface area contributed by atoms with Gasteiger partial charge in [0.25, 0.3) is 0 Å². The van der Waals surface area contributed by atoms with Gasteiger partial charge in [0.2, 0.25) is 11.8 Å². The molecule has 2 heterocycles. The Hall–Kier alpha value is -2.41. The van der Waals surface area contributed by atoms with Crippen LogP contribution in [0.3, 0.4) is 0 Å². The van der Waals surface area contributed by atoms with Crippen LogP contribution in [0.25, 0.3) is 0 Å². The molecule has 0 unspecified atom stereocenters. The van der Waals surface area contributed by atoms with Gasteiger partial charge in [-0.2, -0.15) is 0 Å². The summed E-state index contributed by atoms with van der Waals surface area (Å²) in [6, 6.07) is 9.35. The van der Waals surface area contributed by atoms with Crippen molar-refractivity contribution in [1.82, 2.24) is 10.3 Å². The minimum absolute atomic E-state index is 0.253. The predicted octanol–water partition coefficient (Wildman–Crippen LogP) is 2.31. The van der Waals surface area contributed by atoms with Gasteiger partial charge in [0.1, 0.15) is 17.7 Å². The fraction of sp³-hybridized carbons (Fsp3) is 0.278. The number of nitrogens with one attached hydrogen (secondary N) is 2. The molecule has 2 aromatic rings. The maximum Gasteiger partial charge on any atom is 0.248 e. The van der Waals surface area contributed by atoms with E-state index in [1.165, 1.54) is 17.8 Å². The lowest BCUT2D eigenvalue weighted by molar-refractivity contribution is -0.126. The fourth-order valence-electron chi connectivity index (χ4n) is 2.51. The van der Waals surface area contributed by atoms with Crippen molar-refractivity contribution >= 4 is 29.4 Å². The Bertz CT molecular complexity index is 782. The van der Waals surface area contributed by atoms with Crippen LogP contribution in [0.5, 0.6) is 0 Å². The maximum atomic E-state index is 13.7. The van der Waals surface area contributed by atoms with Crippen LogP contribution in [0.4, 0.5) is 10.2 Å². The smallest absolute Gasteiger partial charge is 0.248 e. The van der Waals surface area contributed by atoms with Crippen LogP contribution in [0.2, 0.25) is 0 Å². The van der Waals surface area contributed by atoms with E-state index in [4.69, 9.17) is 0 Å². The van der Waals surface area contributed by atoms with E-state index in [1.807, 2.05) is 13.0 Å². The summed E-state index contributed by atoms with van der Waals surface area (Å²) in [7, 11) is 0. The lowest BCUT2D eigenvalue weighted by Gasteiger charge is -2.28. The number of carbonyl (C=O) groups excluding carboxylic acids is 2. The van der Waals surface area contributed by atoms with Crippen molar-refractivity contribution in [3.05, 3.63) is 59.5 Å². The molecule has 7 heteroatoms. The molecule has 25 heavy (non-hydrogen) atoms. The number of hydrogen-bond donors (Lipinski definition) is 2. The van der Waals surface area contributed by atoms with E-state index in [2.05, 4.69) is 15.6 Å². The summed E-state index contributed by atoms with van der Waals surface area (Å²) in [5.74, 6) is 0.00494. The Labute approximate surface area is 149 Å². The highest BCUT2D eigenvalue weighted by Gasteiger charge is 2.32. The van der Waals surface area contributed by atoms with E-state index >= 15 is 0 Å². The highest BCUT2D eigenvalue weighted by atomic mass is 32.2. The molecular formula is C18H18FN3O2S. The van der Waals surface area contributed by atoms with Crippen LogP contribution in [0.1, 0.15) is 11.1 Å². The van der Waals surface area contributed by atoms with Crippen molar-refractivity contribution in [1.29, 1.82) is 0 Å². The van der Waals surface area contributed by atoms with Crippen molar-refractivity contribution in [2.45, 2.75) is 24.6 Å². The minimum Gasteiger partial charge on any atom is -0.343 e. The van der Waals surface area contributed by atoms with Gasteiger partial charge in [0.05, 0.1) is 5.25 Å². The number of anilines is 1. The van der Waals surface area contributed by atoms with Gasteiger partial charge in [-0.1, -0.05) is 24.3 Å². The number of thioether (sulfide) groups is 1. The molecule has 5 nitrogen and oxygen atoms in total. The number of hydrogen-bond acceptors (Lipinski definition) is 4. The van der Waals surface area contributed by atoms with Gasteiger partial charge in [0, 0.05) is 11.9 Å². The molecule has 3 rings (SSSR count). The molecule has 1 aliphatic rings. The highest BCUT2D eigenvalue weighted by Crippen LogP contribution is 2.23. The summed E-state index contributed by atoms with van der Waals surface area (Å²) in [5, 5.41) is 5.01. The fourth-order valence-corrected chi connectivity index (χ4v) is 3.68. The molecule has 1 aliphatic heterocycles. The summed E-state index contributed by atoms with van der Waals surface area (Å²) in [4.78, 5) is 28.7. The first-order valence-electron chi connectivity index (χ1n) is 7.92. The Balaban J connectivity index is 1.57. The Morgan fingerprint density at radius 1 is 1.36 bits per heavy atom. The molecule has 1 aromatic heterocycles. The van der Waals surface area contributed by atoms with E-state index in [0.717, 1.165) is 5.56 Å². The van der Waals surface area contributed by atoms with Crippen molar-refractivity contribution in [3.63, 3.8) is 0 Å². The van der Waals surface area contributed by atoms with Gasteiger partial charge in [-0.05, 0) is 36.6 Å². The van der Waals surface area contributed by atoms with Gasteiger partial charge < -0.3 is 10.6 Å². The summed E-state index contributed by atoms with van der Waals surface area (Å²) >= 11 is 1.36. The molecule has 130 valence electrons. The zero-order chi connectivity index (χ0) is 17.8. The van der Waals surface area contributed by atoms with Gasteiger partial charge in [-0.15, -0.1) is 11.8 Å². The second-order valence-corrected chi connectivity index (χ2v) is 7.12. The minimum atomic E-state index is -0.627. The third-order valence-electron chi connectivity index (χ3n) is 3.92. The highest BCUT2D eigenvalue weighted by molar-refractivity contribution is 8.00. The lowest BCUT2D eigenvalue weighted by Crippen LogP contribution is -2.52. The van der Waals surface area contributed by atoms with E-state index in [9.17, 15) is 14.0 Å². The Morgan fingerprint density at radius 2 is 2.16 bits per heavy atom. The summed E-state index contributed by atoms with van der Waals surface area (Å²) < 4.78 is 13.7. The molecule has 2 N–H and O–H groups in total. The van der Waals surface area contributed by atoms with Gasteiger partial charge in [-0.25, -0.2) is 9.37 Å². The number of aryl methyl sites for hydroxylation is 1. The van der Waals surface area contributed by atoms with Gasteiger partial charge in [-0.3, -0.25) is 9.59 Å². The molecule has 0 aliphatic carbocycles. The Morgan fingerprint density at radius 3 is 2.84 bits per heavy atom. The van der Waals surface area contributed by atoms with E-state index < -0.39 is 11.3 Å². The average Bonchev–Trinajstić information content (AvgIpc) is 2.60. The number of halogens is 1. The lowest BCUT2D eigenvalue weighted by atomic mass is 10.1. The molecule has 0 bridgehead atoms. The SMILES string of the molecule is Cc1ccc(NC(=O)[C@H]2CS[C@H](Cc3ccccc3F)C(=O)N2)nc1. The summed E-state index contributed by atoms with van der Waals surface area (Å²) in [6.07, 6.45) is 1.96. The largest absolute Gasteiger partial charge is 0.343 e. The molecule has 1 fully saturated rings. The van der Waals surface area contributed by atoms with Gasteiger partial charge in [0.15, 0.2) is 0 Å². The van der Waals surface area contributed by atoms with Crippen molar-refractivity contribution in [2.75, 3.05) is 11.1 Å². The first kappa shape index (κ1) is 17.4. The topological polar surface area (TPSA) is 71.1 Å². The van der Waals surface area contributed by atoms with E-state index in [0.29, 0.717) is 23.6 Å². The second kappa shape index (κ2) is 7.65. The van der Waals surface area contributed by atoms with Crippen LogP contribution in [0, 0.1) is 12.7 Å². The Kier molecular flexibility index (Phi) is 5.33. The third-order valence-corrected chi connectivity index (χ3v) is 5.22. The molecule has 2 atom stereocenters. The number of pyridine rings is 1. The zero-order valence-corrected chi connectivity index (χ0v) is 14.5. The molecule has 1 saturated heterocycles. The number of amides is 2. The van der Waals surface area contributed by atoms with Gasteiger partial charge >= 0.3 is 0 Å². The number of carbonyl (C=O) groups is 2. The number of benzene rings is 1. The monoisotopic (exact) mass is 359 g/mol. The normalized spacial score (nSPS) is 20.0. The number of nitrogens with zero attached hydrogens (tertiary/aromatic N) is 1. The standard InChI is InChI=1S/C18H18FN3O2S/c1-11-6-7-16(20-9-11)22-17(23)14-10-25-15(18(24)21-14)8-12-4-2-3-5-13(12)19/h2-7,9,14-15H,8,10H2,1H3,(H,21,24)(H,20,22,23)/t14-,15-/m1/s1. The summed E-state index contributed by atoms with van der Waals surface area (Å²) in [5.41, 5.74) is 1.50.